The van der Waals surface area contributed by atoms with E-state index in [0.717, 1.165) is 0 Å². The molecule has 2 aliphatic heterocycles. The van der Waals surface area contributed by atoms with Crippen LogP contribution in [0.15, 0.2) is 24.3 Å². The maximum absolute atomic E-state index is 12.5. The Morgan fingerprint density at radius 2 is 1.18 bits per heavy atom. The van der Waals surface area contributed by atoms with Crippen LogP contribution < -0.4 is 0 Å². The molecule has 0 spiro atoms. The number of hydrogen-bond donors (Lipinski definition) is 0. The second kappa shape index (κ2) is 6.89. The van der Waals surface area contributed by atoms with E-state index >= 15 is 0 Å². The van der Waals surface area contributed by atoms with Crippen molar-refractivity contribution in [3.05, 3.63) is 35.4 Å². The predicted molar refractivity (Wildman–Crippen MR) is 79.9 cm³/mol. The standard InChI is InChI=1S/C16H20N2O4/c19-15(17-4-8-21-9-5-17)13-2-1-3-14(12-13)16(20)18-6-10-22-11-7-18/h1-3,12H,4-11H2. The van der Waals surface area contributed by atoms with Crippen LogP contribution in [0, 0.1) is 0 Å². The Balaban J connectivity index is 1.73. The number of nitrogens with zero attached hydrogens (tertiary/aromatic N) is 2. The molecule has 0 N–H and O–H groups in total. The number of hydrogen-bond acceptors (Lipinski definition) is 4. The summed E-state index contributed by atoms with van der Waals surface area (Å²) in [6, 6.07) is 6.97. The first-order valence-electron chi connectivity index (χ1n) is 7.60. The van der Waals surface area contributed by atoms with Crippen LogP contribution in [-0.4, -0.2) is 74.2 Å². The molecule has 0 bridgehead atoms. The van der Waals surface area contributed by atoms with Crippen molar-refractivity contribution in [1.29, 1.82) is 0 Å². The van der Waals surface area contributed by atoms with Crippen LogP contribution in [0.2, 0.25) is 0 Å². The van der Waals surface area contributed by atoms with E-state index in [2.05, 4.69) is 0 Å². The van der Waals surface area contributed by atoms with Crippen LogP contribution in [0.25, 0.3) is 0 Å². The molecule has 118 valence electrons. The molecule has 1 aromatic rings. The Bertz CT molecular complexity index is 504. The number of morpholine rings is 2. The van der Waals surface area contributed by atoms with Gasteiger partial charge in [0.05, 0.1) is 26.4 Å². The first-order chi connectivity index (χ1) is 10.8. The van der Waals surface area contributed by atoms with Gasteiger partial charge in [-0.25, -0.2) is 0 Å². The number of carbonyl (C=O) groups is 2. The highest BCUT2D eigenvalue weighted by Gasteiger charge is 2.22. The number of amides is 2. The van der Waals surface area contributed by atoms with E-state index in [9.17, 15) is 9.59 Å². The zero-order valence-electron chi connectivity index (χ0n) is 12.5. The minimum atomic E-state index is -0.0417. The number of carbonyl (C=O) groups excluding carboxylic acids is 2. The lowest BCUT2D eigenvalue weighted by molar-refractivity contribution is 0.0298. The third-order valence-electron chi connectivity index (χ3n) is 3.95. The van der Waals surface area contributed by atoms with Gasteiger partial charge in [-0.15, -0.1) is 0 Å². The van der Waals surface area contributed by atoms with E-state index in [1.165, 1.54) is 0 Å². The predicted octanol–water partition coefficient (Wildman–Crippen LogP) is 0.631. The fourth-order valence-electron chi connectivity index (χ4n) is 2.68. The summed E-state index contributed by atoms with van der Waals surface area (Å²) < 4.78 is 10.5. The third-order valence-corrected chi connectivity index (χ3v) is 3.95. The van der Waals surface area contributed by atoms with Crippen molar-refractivity contribution < 1.29 is 19.1 Å². The van der Waals surface area contributed by atoms with E-state index in [1.807, 2.05) is 0 Å². The van der Waals surface area contributed by atoms with Gasteiger partial charge in [-0.3, -0.25) is 9.59 Å². The number of ether oxygens (including phenoxy) is 2. The summed E-state index contributed by atoms with van der Waals surface area (Å²) in [7, 11) is 0. The van der Waals surface area contributed by atoms with Gasteiger partial charge in [-0.05, 0) is 18.2 Å². The first kappa shape index (κ1) is 15.0. The van der Waals surface area contributed by atoms with E-state index < -0.39 is 0 Å². The Morgan fingerprint density at radius 1 is 0.773 bits per heavy atom. The van der Waals surface area contributed by atoms with Gasteiger partial charge in [0.25, 0.3) is 11.8 Å². The topological polar surface area (TPSA) is 59.1 Å². The SMILES string of the molecule is O=C(c1cccc(C(=O)N2CCOCC2)c1)N1CCOCC1. The lowest BCUT2D eigenvalue weighted by Crippen LogP contribution is -2.41. The Morgan fingerprint density at radius 3 is 1.59 bits per heavy atom. The molecule has 0 saturated carbocycles. The Labute approximate surface area is 129 Å². The van der Waals surface area contributed by atoms with Crippen LogP contribution in [0.4, 0.5) is 0 Å². The first-order valence-corrected chi connectivity index (χ1v) is 7.60. The molecule has 0 atom stereocenters. The molecule has 2 heterocycles. The zero-order chi connectivity index (χ0) is 15.4. The molecule has 3 rings (SSSR count). The van der Waals surface area contributed by atoms with Crippen LogP contribution in [0.1, 0.15) is 20.7 Å². The second-order valence-electron chi connectivity index (χ2n) is 5.39. The molecular formula is C16H20N2O4. The summed E-state index contributed by atoms with van der Waals surface area (Å²) in [6.07, 6.45) is 0. The van der Waals surface area contributed by atoms with Crippen LogP contribution in [-0.2, 0) is 9.47 Å². The second-order valence-corrected chi connectivity index (χ2v) is 5.39. The molecule has 2 saturated heterocycles. The molecule has 0 aromatic heterocycles. The zero-order valence-corrected chi connectivity index (χ0v) is 12.5. The highest BCUT2D eigenvalue weighted by atomic mass is 16.5. The molecule has 0 unspecified atom stereocenters. The van der Waals surface area contributed by atoms with Gasteiger partial charge in [-0.2, -0.15) is 0 Å². The van der Waals surface area contributed by atoms with Crippen molar-refractivity contribution in [1.82, 2.24) is 9.80 Å². The molecule has 6 nitrogen and oxygen atoms in total. The molecule has 2 amide bonds. The summed E-state index contributed by atoms with van der Waals surface area (Å²) >= 11 is 0. The number of rotatable bonds is 2. The summed E-state index contributed by atoms with van der Waals surface area (Å²) in [4.78, 5) is 28.5. The van der Waals surface area contributed by atoms with Crippen molar-refractivity contribution in [2.45, 2.75) is 0 Å². The molecule has 22 heavy (non-hydrogen) atoms. The van der Waals surface area contributed by atoms with Crippen molar-refractivity contribution in [2.24, 2.45) is 0 Å². The monoisotopic (exact) mass is 304 g/mol. The quantitative estimate of drug-likeness (QED) is 0.804. The fraction of sp³-hybridized carbons (Fsp3) is 0.500. The number of benzene rings is 1. The molecule has 0 radical (unpaired) electrons. The Hall–Kier alpha value is -1.92. The fourth-order valence-corrected chi connectivity index (χ4v) is 2.68. The van der Waals surface area contributed by atoms with Gasteiger partial charge in [-0.1, -0.05) is 6.07 Å². The Kier molecular flexibility index (Phi) is 4.70. The maximum Gasteiger partial charge on any atom is 0.254 e. The minimum Gasteiger partial charge on any atom is -0.378 e. The van der Waals surface area contributed by atoms with Crippen LogP contribution in [0.5, 0.6) is 0 Å². The van der Waals surface area contributed by atoms with E-state index in [-0.39, 0.29) is 11.8 Å². The highest BCUT2D eigenvalue weighted by Crippen LogP contribution is 2.13. The van der Waals surface area contributed by atoms with E-state index in [1.54, 1.807) is 34.1 Å². The summed E-state index contributed by atoms with van der Waals surface area (Å²) in [5.74, 6) is -0.0835. The van der Waals surface area contributed by atoms with Gasteiger partial charge in [0, 0.05) is 37.3 Å². The van der Waals surface area contributed by atoms with E-state index in [0.29, 0.717) is 63.7 Å². The van der Waals surface area contributed by atoms with Gasteiger partial charge >= 0.3 is 0 Å². The summed E-state index contributed by atoms with van der Waals surface area (Å²) in [5, 5.41) is 0. The van der Waals surface area contributed by atoms with Gasteiger partial charge in [0.15, 0.2) is 0 Å². The summed E-state index contributed by atoms with van der Waals surface area (Å²) in [5.41, 5.74) is 1.11. The molecule has 6 heteroatoms. The summed E-state index contributed by atoms with van der Waals surface area (Å²) in [6.45, 7) is 4.66. The third kappa shape index (κ3) is 3.28. The van der Waals surface area contributed by atoms with Gasteiger partial charge in [0.2, 0.25) is 0 Å². The minimum absolute atomic E-state index is 0.0417. The molecule has 2 aliphatic rings. The molecule has 0 aliphatic carbocycles. The van der Waals surface area contributed by atoms with Crippen molar-refractivity contribution >= 4 is 11.8 Å². The van der Waals surface area contributed by atoms with Crippen molar-refractivity contribution in [3.8, 4) is 0 Å². The van der Waals surface area contributed by atoms with Crippen LogP contribution >= 0.6 is 0 Å². The largest absolute Gasteiger partial charge is 0.378 e. The average molecular weight is 304 g/mol. The molecular weight excluding hydrogens is 284 g/mol. The smallest absolute Gasteiger partial charge is 0.254 e. The normalized spacial score (nSPS) is 19.1. The van der Waals surface area contributed by atoms with Gasteiger partial charge in [0.1, 0.15) is 0 Å². The highest BCUT2D eigenvalue weighted by molar-refractivity contribution is 5.99. The molecule has 2 fully saturated rings. The molecule has 1 aromatic carbocycles. The van der Waals surface area contributed by atoms with Crippen molar-refractivity contribution in [2.75, 3.05) is 52.6 Å². The van der Waals surface area contributed by atoms with Gasteiger partial charge < -0.3 is 19.3 Å². The van der Waals surface area contributed by atoms with Crippen molar-refractivity contribution in [3.63, 3.8) is 0 Å². The van der Waals surface area contributed by atoms with E-state index in [4.69, 9.17) is 9.47 Å². The maximum atomic E-state index is 12.5. The lowest BCUT2D eigenvalue weighted by atomic mass is 10.1. The average Bonchev–Trinajstić information content (AvgIpc) is 2.62. The lowest BCUT2D eigenvalue weighted by Gasteiger charge is -2.28. The van der Waals surface area contributed by atoms with Crippen LogP contribution in [0.3, 0.4) is 0 Å².